The van der Waals surface area contributed by atoms with Gasteiger partial charge in [-0.05, 0) is 38.6 Å². The molecule has 1 aromatic carbocycles. The predicted octanol–water partition coefficient (Wildman–Crippen LogP) is 2.30. The number of rotatable bonds is 7. The van der Waals surface area contributed by atoms with E-state index >= 15 is 0 Å². The summed E-state index contributed by atoms with van der Waals surface area (Å²) in [6, 6.07) is 7.72. The minimum Gasteiger partial charge on any atom is -0.494 e. The molecule has 0 aliphatic carbocycles. The molecular weight excluding hydrogens is 230 g/mol. The van der Waals surface area contributed by atoms with Crippen LogP contribution in [0.3, 0.4) is 0 Å². The van der Waals surface area contributed by atoms with E-state index in [1.165, 1.54) is 0 Å². The van der Waals surface area contributed by atoms with Crippen molar-refractivity contribution in [3.05, 3.63) is 29.8 Å². The molecule has 0 saturated heterocycles. The van der Waals surface area contributed by atoms with Crippen LogP contribution in [0.5, 0.6) is 5.75 Å². The highest BCUT2D eigenvalue weighted by Crippen LogP contribution is 2.20. The Morgan fingerprint density at radius 1 is 1.22 bits per heavy atom. The maximum Gasteiger partial charge on any atom is 0.307 e. The second-order valence-corrected chi connectivity index (χ2v) is 3.85. The molecule has 4 nitrogen and oxygen atoms in total. The van der Waals surface area contributed by atoms with Crippen LogP contribution in [0.1, 0.15) is 31.9 Å². The second kappa shape index (κ2) is 7.71. The van der Waals surface area contributed by atoms with Crippen LogP contribution in [0, 0.1) is 0 Å². The highest BCUT2D eigenvalue weighted by atomic mass is 16.5. The largest absolute Gasteiger partial charge is 0.494 e. The Bertz CT molecular complexity index is 362. The van der Waals surface area contributed by atoms with Crippen molar-refractivity contribution in [1.82, 2.24) is 5.32 Å². The van der Waals surface area contributed by atoms with Crippen LogP contribution in [0.15, 0.2) is 24.3 Å². The Morgan fingerprint density at radius 2 is 1.89 bits per heavy atom. The Kier molecular flexibility index (Phi) is 6.22. The first-order valence-corrected chi connectivity index (χ1v) is 6.26. The normalized spacial score (nSPS) is 11.9. The van der Waals surface area contributed by atoms with E-state index in [0.29, 0.717) is 19.6 Å². The molecule has 100 valence electrons. The molecule has 1 aromatic rings. The third kappa shape index (κ3) is 4.37. The van der Waals surface area contributed by atoms with Gasteiger partial charge in [-0.3, -0.25) is 4.79 Å². The maximum atomic E-state index is 11.5. The van der Waals surface area contributed by atoms with Crippen molar-refractivity contribution in [2.75, 3.05) is 20.3 Å². The molecule has 4 heteroatoms. The van der Waals surface area contributed by atoms with Crippen molar-refractivity contribution in [1.29, 1.82) is 0 Å². The predicted molar refractivity (Wildman–Crippen MR) is 70.7 cm³/mol. The zero-order chi connectivity index (χ0) is 13.4. The van der Waals surface area contributed by atoms with E-state index in [2.05, 4.69) is 5.32 Å². The molecule has 1 unspecified atom stereocenters. The Labute approximate surface area is 108 Å². The molecule has 18 heavy (non-hydrogen) atoms. The SMILES string of the molecule is CCOC(=O)CC(NC)c1ccc(OCC)cc1. The van der Waals surface area contributed by atoms with E-state index in [9.17, 15) is 4.79 Å². The number of carbonyl (C=O) groups excluding carboxylic acids is 1. The molecule has 1 N–H and O–H groups in total. The van der Waals surface area contributed by atoms with Crippen LogP contribution in [-0.4, -0.2) is 26.2 Å². The third-order valence-corrected chi connectivity index (χ3v) is 2.62. The fourth-order valence-corrected chi connectivity index (χ4v) is 1.74. The molecule has 0 radical (unpaired) electrons. The van der Waals surface area contributed by atoms with Gasteiger partial charge in [-0.25, -0.2) is 0 Å². The maximum absolute atomic E-state index is 11.5. The number of esters is 1. The van der Waals surface area contributed by atoms with Gasteiger partial charge < -0.3 is 14.8 Å². The quantitative estimate of drug-likeness (QED) is 0.755. The first kappa shape index (κ1) is 14.5. The molecule has 0 amide bonds. The molecular formula is C14H21NO3. The van der Waals surface area contributed by atoms with Crippen molar-refractivity contribution in [2.24, 2.45) is 0 Å². The Balaban J connectivity index is 2.66. The number of hydrogen-bond donors (Lipinski definition) is 1. The summed E-state index contributed by atoms with van der Waals surface area (Å²) in [5, 5.41) is 3.12. The van der Waals surface area contributed by atoms with Gasteiger partial charge in [0, 0.05) is 6.04 Å². The van der Waals surface area contributed by atoms with Gasteiger partial charge >= 0.3 is 5.97 Å². The standard InChI is InChI=1S/C14H21NO3/c1-4-17-12-8-6-11(7-9-12)13(15-3)10-14(16)18-5-2/h6-9,13,15H,4-5,10H2,1-3H3. The van der Waals surface area contributed by atoms with Gasteiger partial charge in [0.2, 0.25) is 0 Å². The van der Waals surface area contributed by atoms with Gasteiger partial charge in [0.15, 0.2) is 0 Å². The average Bonchev–Trinajstić information content (AvgIpc) is 2.38. The first-order chi connectivity index (χ1) is 8.71. The monoisotopic (exact) mass is 251 g/mol. The molecule has 0 aliphatic rings. The summed E-state index contributed by atoms with van der Waals surface area (Å²) >= 11 is 0. The lowest BCUT2D eigenvalue weighted by atomic mass is 10.0. The Hall–Kier alpha value is -1.55. The molecule has 0 aliphatic heterocycles. The van der Waals surface area contributed by atoms with Crippen LogP contribution < -0.4 is 10.1 Å². The summed E-state index contributed by atoms with van der Waals surface area (Å²) in [7, 11) is 1.83. The number of hydrogen-bond acceptors (Lipinski definition) is 4. The fraction of sp³-hybridized carbons (Fsp3) is 0.500. The molecule has 0 heterocycles. The molecule has 1 atom stereocenters. The lowest BCUT2D eigenvalue weighted by molar-refractivity contribution is -0.143. The number of ether oxygens (including phenoxy) is 2. The van der Waals surface area contributed by atoms with E-state index in [1.54, 1.807) is 0 Å². The van der Waals surface area contributed by atoms with Crippen LogP contribution >= 0.6 is 0 Å². The van der Waals surface area contributed by atoms with E-state index in [4.69, 9.17) is 9.47 Å². The zero-order valence-electron chi connectivity index (χ0n) is 11.2. The van der Waals surface area contributed by atoms with Crippen molar-refractivity contribution < 1.29 is 14.3 Å². The zero-order valence-corrected chi connectivity index (χ0v) is 11.2. The van der Waals surface area contributed by atoms with E-state index < -0.39 is 0 Å². The molecule has 0 bridgehead atoms. The minimum atomic E-state index is -0.189. The van der Waals surface area contributed by atoms with Gasteiger partial charge in [-0.1, -0.05) is 12.1 Å². The highest BCUT2D eigenvalue weighted by Gasteiger charge is 2.14. The van der Waals surface area contributed by atoms with Gasteiger partial charge in [-0.15, -0.1) is 0 Å². The summed E-state index contributed by atoms with van der Waals surface area (Å²) in [5.74, 6) is 0.651. The van der Waals surface area contributed by atoms with Crippen molar-refractivity contribution in [3.8, 4) is 5.75 Å². The third-order valence-electron chi connectivity index (χ3n) is 2.62. The minimum absolute atomic E-state index is 0.0280. The number of nitrogens with one attached hydrogen (secondary N) is 1. The molecule has 0 spiro atoms. The van der Waals surface area contributed by atoms with E-state index in [1.807, 2.05) is 45.2 Å². The Morgan fingerprint density at radius 3 is 2.39 bits per heavy atom. The van der Waals surface area contributed by atoms with Gasteiger partial charge in [0.25, 0.3) is 0 Å². The van der Waals surface area contributed by atoms with Crippen LogP contribution in [0.4, 0.5) is 0 Å². The smallest absolute Gasteiger partial charge is 0.307 e. The summed E-state index contributed by atoms with van der Waals surface area (Å²) in [5.41, 5.74) is 1.05. The second-order valence-electron chi connectivity index (χ2n) is 3.85. The van der Waals surface area contributed by atoms with Crippen molar-refractivity contribution in [2.45, 2.75) is 26.3 Å². The van der Waals surface area contributed by atoms with Crippen LogP contribution in [0.25, 0.3) is 0 Å². The van der Waals surface area contributed by atoms with Crippen LogP contribution in [-0.2, 0) is 9.53 Å². The van der Waals surface area contributed by atoms with Crippen molar-refractivity contribution >= 4 is 5.97 Å². The van der Waals surface area contributed by atoms with Gasteiger partial charge in [-0.2, -0.15) is 0 Å². The highest BCUT2D eigenvalue weighted by molar-refractivity contribution is 5.70. The lowest BCUT2D eigenvalue weighted by Gasteiger charge is -2.16. The number of benzene rings is 1. The molecule has 0 aromatic heterocycles. The molecule has 0 saturated carbocycles. The van der Waals surface area contributed by atoms with Gasteiger partial charge in [0.05, 0.1) is 19.6 Å². The molecule has 1 rings (SSSR count). The summed E-state index contributed by atoms with van der Waals surface area (Å²) in [4.78, 5) is 11.5. The number of carbonyl (C=O) groups is 1. The van der Waals surface area contributed by atoms with E-state index in [-0.39, 0.29) is 12.0 Å². The fourth-order valence-electron chi connectivity index (χ4n) is 1.74. The molecule has 0 fully saturated rings. The topological polar surface area (TPSA) is 47.6 Å². The average molecular weight is 251 g/mol. The van der Waals surface area contributed by atoms with Crippen LogP contribution in [0.2, 0.25) is 0 Å². The van der Waals surface area contributed by atoms with E-state index in [0.717, 1.165) is 11.3 Å². The van der Waals surface area contributed by atoms with Gasteiger partial charge in [0.1, 0.15) is 5.75 Å². The van der Waals surface area contributed by atoms with Crippen molar-refractivity contribution in [3.63, 3.8) is 0 Å². The summed E-state index contributed by atoms with van der Waals surface area (Å²) < 4.78 is 10.3. The lowest BCUT2D eigenvalue weighted by Crippen LogP contribution is -2.21. The summed E-state index contributed by atoms with van der Waals surface area (Å²) in [6.45, 7) is 4.82. The first-order valence-electron chi connectivity index (χ1n) is 6.26. The summed E-state index contributed by atoms with van der Waals surface area (Å²) in [6.07, 6.45) is 0.332.